The van der Waals surface area contributed by atoms with E-state index in [2.05, 4.69) is 0 Å². The van der Waals surface area contributed by atoms with Crippen molar-refractivity contribution in [3.8, 4) is 0 Å². The lowest BCUT2D eigenvalue weighted by atomic mass is 10.1. The van der Waals surface area contributed by atoms with Crippen molar-refractivity contribution in [2.75, 3.05) is 13.6 Å². The van der Waals surface area contributed by atoms with Crippen LogP contribution in [0.1, 0.15) is 17.3 Å². The summed E-state index contributed by atoms with van der Waals surface area (Å²) in [5, 5.41) is 19.2. The minimum absolute atomic E-state index is 0.0927. The first kappa shape index (κ1) is 15.5. The molecular weight excluding hydrogens is 271 g/mol. The van der Waals surface area contributed by atoms with E-state index in [1.807, 2.05) is 0 Å². The standard InChI is InChI=1S/C12H13FN2O5/c1-7(12(17)18)6-14(2)11(16)9-4-3-8(15(19)20)5-10(9)13/h3-5,7H,6H2,1-2H3,(H,17,18). The van der Waals surface area contributed by atoms with Gasteiger partial charge in [-0.25, -0.2) is 4.39 Å². The molecule has 1 unspecified atom stereocenters. The van der Waals surface area contributed by atoms with Crippen molar-refractivity contribution in [2.45, 2.75) is 6.92 Å². The molecule has 1 rings (SSSR count). The predicted octanol–water partition coefficient (Wildman–Crippen LogP) is 1.53. The monoisotopic (exact) mass is 284 g/mol. The number of aliphatic carboxylic acids is 1. The van der Waals surface area contributed by atoms with Gasteiger partial charge in [0.05, 0.1) is 22.5 Å². The van der Waals surface area contributed by atoms with Crippen LogP contribution in [0.15, 0.2) is 18.2 Å². The number of nitro benzene ring substituents is 1. The zero-order chi connectivity index (χ0) is 15.4. The number of hydrogen-bond donors (Lipinski definition) is 1. The van der Waals surface area contributed by atoms with E-state index in [1.165, 1.54) is 14.0 Å². The Balaban J connectivity index is 2.92. The van der Waals surface area contributed by atoms with Crippen LogP contribution in [0.25, 0.3) is 0 Å². The Morgan fingerprint density at radius 3 is 2.55 bits per heavy atom. The van der Waals surface area contributed by atoms with Gasteiger partial charge in [0.25, 0.3) is 11.6 Å². The Hall–Kier alpha value is -2.51. The summed E-state index contributed by atoms with van der Waals surface area (Å²) in [6.45, 7) is 1.32. The van der Waals surface area contributed by atoms with Crippen LogP contribution in [-0.4, -0.2) is 40.4 Å². The molecule has 1 aromatic carbocycles. The van der Waals surface area contributed by atoms with E-state index in [0.29, 0.717) is 6.07 Å². The summed E-state index contributed by atoms with van der Waals surface area (Å²) < 4.78 is 13.6. The molecule has 108 valence electrons. The number of nitrogens with zero attached hydrogens (tertiary/aromatic N) is 2. The van der Waals surface area contributed by atoms with Crippen LogP contribution in [0, 0.1) is 21.8 Å². The smallest absolute Gasteiger partial charge is 0.308 e. The second kappa shape index (κ2) is 6.09. The van der Waals surface area contributed by atoms with Gasteiger partial charge in [0, 0.05) is 19.7 Å². The minimum atomic E-state index is -1.08. The molecule has 0 radical (unpaired) electrons. The molecule has 1 N–H and O–H groups in total. The molecule has 0 aromatic heterocycles. The van der Waals surface area contributed by atoms with Gasteiger partial charge in [0.15, 0.2) is 0 Å². The van der Waals surface area contributed by atoms with E-state index in [1.54, 1.807) is 0 Å². The van der Waals surface area contributed by atoms with Gasteiger partial charge in [-0.2, -0.15) is 0 Å². The number of nitro groups is 1. The second-order valence-corrected chi connectivity index (χ2v) is 4.35. The Kier molecular flexibility index (Phi) is 4.73. The molecule has 0 saturated heterocycles. The third-order valence-electron chi connectivity index (χ3n) is 2.71. The molecule has 0 heterocycles. The molecule has 0 aliphatic carbocycles. The fourth-order valence-electron chi connectivity index (χ4n) is 1.57. The van der Waals surface area contributed by atoms with Gasteiger partial charge in [0.2, 0.25) is 0 Å². The van der Waals surface area contributed by atoms with Gasteiger partial charge in [-0.3, -0.25) is 19.7 Å². The maximum atomic E-state index is 13.6. The van der Waals surface area contributed by atoms with Crippen LogP contribution in [-0.2, 0) is 4.79 Å². The number of hydrogen-bond acceptors (Lipinski definition) is 4. The summed E-state index contributed by atoms with van der Waals surface area (Å²) >= 11 is 0. The van der Waals surface area contributed by atoms with E-state index >= 15 is 0 Å². The number of carboxylic acid groups (broad SMARTS) is 1. The number of carbonyl (C=O) groups excluding carboxylic acids is 1. The second-order valence-electron chi connectivity index (χ2n) is 4.35. The number of carbonyl (C=O) groups is 2. The lowest BCUT2D eigenvalue weighted by Gasteiger charge is -2.19. The summed E-state index contributed by atoms with van der Waals surface area (Å²) in [4.78, 5) is 33.4. The molecule has 1 aromatic rings. The Bertz CT molecular complexity index is 561. The molecule has 0 fully saturated rings. The Morgan fingerprint density at radius 1 is 1.50 bits per heavy atom. The Labute approximate surface area is 113 Å². The maximum Gasteiger partial charge on any atom is 0.308 e. The molecule has 1 atom stereocenters. The van der Waals surface area contributed by atoms with Crippen molar-refractivity contribution in [1.29, 1.82) is 0 Å². The lowest BCUT2D eigenvalue weighted by molar-refractivity contribution is -0.385. The van der Waals surface area contributed by atoms with Gasteiger partial charge >= 0.3 is 5.97 Å². The molecular formula is C12H13FN2O5. The quantitative estimate of drug-likeness (QED) is 0.652. The van der Waals surface area contributed by atoms with Crippen molar-refractivity contribution in [1.82, 2.24) is 4.90 Å². The first-order chi connectivity index (χ1) is 9.23. The fraction of sp³-hybridized carbons (Fsp3) is 0.333. The third kappa shape index (κ3) is 3.50. The van der Waals surface area contributed by atoms with E-state index in [0.717, 1.165) is 17.0 Å². The summed E-state index contributed by atoms with van der Waals surface area (Å²) in [6.07, 6.45) is 0. The topological polar surface area (TPSA) is 101 Å². The molecule has 0 aliphatic rings. The van der Waals surface area contributed by atoms with Crippen molar-refractivity contribution in [3.63, 3.8) is 0 Å². The van der Waals surface area contributed by atoms with Crippen LogP contribution in [0.3, 0.4) is 0 Å². The van der Waals surface area contributed by atoms with E-state index in [9.17, 15) is 24.1 Å². The van der Waals surface area contributed by atoms with Crippen LogP contribution in [0.5, 0.6) is 0 Å². The molecule has 0 saturated carbocycles. The summed E-state index contributed by atoms with van der Waals surface area (Å²) in [7, 11) is 1.34. The fourth-order valence-corrected chi connectivity index (χ4v) is 1.57. The molecule has 1 amide bonds. The molecule has 0 aliphatic heterocycles. The summed E-state index contributed by atoms with van der Waals surface area (Å²) in [5.41, 5.74) is -0.795. The van der Waals surface area contributed by atoms with E-state index in [4.69, 9.17) is 5.11 Å². The highest BCUT2D eigenvalue weighted by Gasteiger charge is 2.22. The highest BCUT2D eigenvalue weighted by atomic mass is 19.1. The zero-order valence-electron chi connectivity index (χ0n) is 10.9. The first-order valence-electron chi connectivity index (χ1n) is 5.66. The number of non-ortho nitro benzene ring substituents is 1. The number of rotatable bonds is 5. The highest BCUT2D eigenvalue weighted by Crippen LogP contribution is 2.18. The summed E-state index contributed by atoms with van der Waals surface area (Å²) in [5.74, 6) is -3.62. The predicted molar refractivity (Wildman–Crippen MR) is 66.8 cm³/mol. The van der Waals surface area contributed by atoms with E-state index in [-0.39, 0.29) is 12.1 Å². The zero-order valence-corrected chi connectivity index (χ0v) is 10.9. The van der Waals surface area contributed by atoms with Crippen molar-refractivity contribution in [3.05, 3.63) is 39.7 Å². The number of halogens is 1. The SMILES string of the molecule is CC(CN(C)C(=O)c1ccc([N+](=O)[O-])cc1F)C(=O)O. The van der Waals surface area contributed by atoms with Crippen LogP contribution >= 0.6 is 0 Å². The molecule has 8 heteroatoms. The molecule has 0 bridgehead atoms. The number of benzene rings is 1. The van der Waals surface area contributed by atoms with Gasteiger partial charge in [-0.05, 0) is 6.07 Å². The highest BCUT2D eigenvalue weighted by molar-refractivity contribution is 5.94. The van der Waals surface area contributed by atoms with Gasteiger partial charge in [0.1, 0.15) is 5.82 Å². The summed E-state index contributed by atoms with van der Waals surface area (Å²) in [6, 6.07) is 2.68. The van der Waals surface area contributed by atoms with E-state index < -0.39 is 34.2 Å². The van der Waals surface area contributed by atoms with Crippen molar-refractivity contribution >= 4 is 17.6 Å². The minimum Gasteiger partial charge on any atom is -0.481 e. The van der Waals surface area contributed by atoms with Crippen LogP contribution in [0.2, 0.25) is 0 Å². The average molecular weight is 284 g/mol. The molecule has 20 heavy (non-hydrogen) atoms. The molecule has 0 spiro atoms. The largest absolute Gasteiger partial charge is 0.481 e. The average Bonchev–Trinajstić information content (AvgIpc) is 2.37. The first-order valence-corrected chi connectivity index (χ1v) is 5.66. The normalized spacial score (nSPS) is 11.8. The van der Waals surface area contributed by atoms with Crippen molar-refractivity contribution in [2.24, 2.45) is 5.92 Å². The lowest BCUT2D eigenvalue weighted by Crippen LogP contribution is -2.34. The van der Waals surface area contributed by atoms with Crippen LogP contribution < -0.4 is 0 Å². The molecule has 7 nitrogen and oxygen atoms in total. The number of amides is 1. The van der Waals surface area contributed by atoms with Gasteiger partial charge < -0.3 is 10.0 Å². The van der Waals surface area contributed by atoms with Crippen molar-refractivity contribution < 1.29 is 24.0 Å². The number of carboxylic acids is 1. The Morgan fingerprint density at radius 2 is 2.10 bits per heavy atom. The van der Waals surface area contributed by atoms with Gasteiger partial charge in [-0.15, -0.1) is 0 Å². The van der Waals surface area contributed by atoms with Gasteiger partial charge in [-0.1, -0.05) is 6.92 Å². The maximum absolute atomic E-state index is 13.6. The van der Waals surface area contributed by atoms with Crippen LogP contribution in [0.4, 0.5) is 10.1 Å². The third-order valence-corrected chi connectivity index (χ3v) is 2.71.